The van der Waals surface area contributed by atoms with E-state index in [2.05, 4.69) is 21.2 Å². The number of furan rings is 1. The molecule has 0 saturated heterocycles. The highest BCUT2D eigenvalue weighted by Gasteiger charge is 2.28. The first kappa shape index (κ1) is 11.7. The third-order valence-corrected chi connectivity index (χ3v) is 3.73. The van der Waals surface area contributed by atoms with Gasteiger partial charge in [0, 0.05) is 6.04 Å². The Bertz CT molecular complexity index is 378. The molecule has 2 rings (SSSR count). The fourth-order valence-corrected chi connectivity index (χ4v) is 2.58. The van der Waals surface area contributed by atoms with Gasteiger partial charge in [0.05, 0.1) is 10.7 Å². The number of hydrogen-bond donors (Lipinski definition) is 2. The van der Waals surface area contributed by atoms with Crippen LogP contribution in [0, 0.1) is 5.92 Å². The van der Waals surface area contributed by atoms with Crippen LogP contribution in [-0.4, -0.2) is 18.5 Å². The summed E-state index contributed by atoms with van der Waals surface area (Å²) in [6, 6.07) is 1.90. The van der Waals surface area contributed by atoms with E-state index in [4.69, 9.17) is 10.2 Å². The molecule has 1 heterocycles. The third kappa shape index (κ3) is 2.30. The van der Waals surface area contributed by atoms with Gasteiger partial charge in [-0.1, -0.05) is 6.42 Å². The van der Waals surface area contributed by atoms with Crippen molar-refractivity contribution in [2.45, 2.75) is 25.3 Å². The van der Waals surface area contributed by atoms with Crippen molar-refractivity contribution >= 4 is 21.8 Å². The largest absolute Gasteiger partial charge is 0.458 e. The maximum absolute atomic E-state index is 11.9. The molecule has 0 radical (unpaired) electrons. The molecule has 1 aliphatic carbocycles. The second-order valence-electron chi connectivity index (χ2n) is 4.10. The molecule has 0 aromatic carbocycles. The summed E-state index contributed by atoms with van der Waals surface area (Å²) in [6.45, 7) is 0.629. The van der Waals surface area contributed by atoms with Crippen LogP contribution in [0.3, 0.4) is 0 Å². The van der Waals surface area contributed by atoms with Gasteiger partial charge in [0.1, 0.15) is 0 Å². The molecule has 1 saturated carbocycles. The third-order valence-electron chi connectivity index (χ3n) is 3.10. The van der Waals surface area contributed by atoms with Crippen molar-refractivity contribution in [2.24, 2.45) is 11.7 Å². The van der Waals surface area contributed by atoms with E-state index < -0.39 is 0 Å². The summed E-state index contributed by atoms with van der Waals surface area (Å²) in [6.07, 6.45) is 4.73. The van der Waals surface area contributed by atoms with Crippen molar-refractivity contribution in [3.05, 3.63) is 22.6 Å². The number of nitrogens with two attached hydrogens (primary N) is 1. The van der Waals surface area contributed by atoms with Crippen LogP contribution in [0.4, 0.5) is 0 Å². The van der Waals surface area contributed by atoms with Crippen LogP contribution in [0.2, 0.25) is 0 Å². The van der Waals surface area contributed by atoms with Gasteiger partial charge in [-0.3, -0.25) is 4.79 Å². The van der Waals surface area contributed by atoms with Gasteiger partial charge in [-0.2, -0.15) is 0 Å². The first-order chi connectivity index (χ1) is 7.72. The monoisotopic (exact) mass is 286 g/mol. The number of halogens is 1. The Morgan fingerprint density at radius 1 is 1.62 bits per heavy atom. The van der Waals surface area contributed by atoms with Gasteiger partial charge in [-0.15, -0.1) is 0 Å². The zero-order chi connectivity index (χ0) is 11.5. The molecule has 4 nitrogen and oxygen atoms in total. The summed E-state index contributed by atoms with van der Waals surface area (Å²) >= 11 is 3.27. The molecule has 3 N–H and O–H groups in total. The molecule has 0 spiro atoms. The van der Waals surface area contributed by atoms with Gasteiger partial charge in [0.15, 0.2) is 0 Å². The Morgan fingerprint density at radius 2 is 2.44 bits per heavy atom. The van der Waals surface area contributed by atoms with Crippen LogP contribution in [0.25, 0.3) is 0 Å². The van der Waals surface area contributed by atoms with Crippen LogP contribution in [-0.2, 0) is 0 Å². The molecule has 16 heavy (non-hydrogen) atoms. The van der Waals surface area contributed by atoms with Gasteiger partial charge >= 0.3 is 0 Å². The van der Waals surface area contributed by atoms with E-state index in [0.29, 0.717) is 22.7 Å². The maximum atomic E-state index is 11.9. The summed E-state index contributed by atoms with van der Waals surface area (Å²) in [5.74, 6) is 0.572. The Kier molecular flexibility index (Phi) is 3.66. The zero-order valence-corrected chi connectivity index (χ0v) is 10.5. The second kappa shape index (κ2) is 5.01. The van der Waals surface area contributed by atoms with E-state index in [1.807, 2.05) is 0 Å². The van der Waals surface area contributed by atoms with E-state index in [0.717, 1.165) is 19.3 Å². The number of carbonyl (C=O) groups excluding carboxylic acids is 1. The van der Waals surface area contributed by atoms with Crippen molar-refractivity contribution < 1.29 is 9.21 Å². The van der Waals surface area contributed by atoms with Crippen molar-refractivity contribution in [2.75, 3.05) is 6.54 Å². The van der Waals surface area contributed by atoms with Gasteiger partial charge in [-0.05, 0) is 47.3 Å². The topological polar surface area (TPSA) is 68.3 Å². The smallest absolute Gasteiger partial charge is 0.288 e. The summed E-state index contributed by atoms with van der Waals surface area (Å²) in [7, 11) is 0. The molecule has 2 unspecified atom stereocenters. The minimum Gasteiger partial charge on any atom is -0.458 e. The summed E-state index contributed by atoms with van der Waals surface area (Å²) < 4.78 is 5.80. The number of rotatable bonds is 3. The van der Waals surface area contributed by atoms with Crippen molar-refractivity contribution in [1.82, 2.24) is 5.32 Å². The highest BCUT2D eigenvalue weighted by molar-refractivity contribution is 9.10. The highest BCUT2D eigenvalue weighted by Crippen LogP contribution is 2.25. The van der Waals surface area contributed by atoms with E-state index in [1.165, 1.54) is 6.26 Å². The minimum atomic E-state index is -0.165. The van der Waals surface area contributed by atoms with Crippen LogP contribution in [0.5, 0.6) is 0 Å². The molecule has 1 fully saturated rings. The second-order valence-corrected chi connectivity index (χ2v) is 4.96. The molecule has 0 aliphatic heterocycles. The van der Waals surface area contributed by atoms with Gasteiger partial charge < -0.3 is 15.5 Å². The number of amides is 1. The van der Waals surface area contributed by atoms with Crippen LogP contribution in [0.1, 0.15) is 29.8 Å². The predicted octanol–water partition coefficient (Wildman–Crippen LogP) is 1.90. The molecule has 88 valence electrons. The molecule has 1 aromatic heterocycles. The van der Waals surface area contributed by atoms with E-state index >= 15 is 0 Å². The lowest BCUT2D eigenvalue weighted by molar-refractivity contribution is 0.0899. The molecule has 1 aromatic rings. The fourth-order valence-electron chi connectivity index (χ4n) is 2.20. The van der Waals surface area contributed by atoms with E-state index in [-0.39, 0.29) is 11.9 Å². The van der Waals surface area contributed by atoms with Crippen LogP contribution in [0.15, 0.2) is 21.2 Å². The first-order valence-corrected chi connectivity index (χ1v) is 6.25. The summed E-state index contributed by atoms with van der Waals surface area (Å²) in [4.78, 5) is 11.9. The number of hydrogen-bond acceptors (Lipinski definition) is 3. The molecule has 1 amide bonds. The average Bonchev–Trinajstić information content (AvgIpc) is 2.86. The number of nitrogens with one attached hydrogen (secondary N) is 1. The Morgan fingerprint density at radius 3 is 3.06 bits per heavy atom. The summed E-state index contributed by atoms with van der Waals surface area (Å²) in [5, 5.41) is 2.98. The minimum absolute atomic E-state index is 0.165. The van der Waals surface area contributed by atoms with Gasteiger partial charge in [-0.25, -0.2) is 0 Å². The van der Waals surface area contributed by atoms with Gasteiger partial charge in [0.2, 0.25) is 5.76 Å². The lowest BCUT2D eigenvalue weighted by Crippen LogP contribution is -2.39. The molecular weight excluding hydrogens is 272 g/mol. The fraction of sp³-hybridized carbons (Fsp3) is 0.545. The summed E-state index contributed by atoms with van der Waals surface area (Å²) in [5.41, 5.74) is 5.66. The standard InChI is InChI=1S/C11H15BrN2O2/c12-8-4-5-16-10(8)11(15)14-9-3-1-2-7(9)6-13/h4-5,7,9H,1-3,6,13H2,(H,14,15). The van der Waals surface area contributed by atoms with E-state index in [9.17, 15) is 4.79 Å². The predicted molar refractivity (Wildman–Crippen MR) is 64.1 cm³/mol. The zero-order valence-electron chi connectivity index (χ0n) is 8.91. The van der Waals surface area contributed by atoms with Crippen molar-refractivity contribution in [3.63, 3.8) is 0 Å². The molecule has 1 aliphatic rings. The van der Waals surface area contributed by atoms with Gasteiger partial charge in [0.25, 0.3) is 5.91 Å². The van der Waals surface area contributed by atoms with Crippen molar-refractivity contribution in [3.8, 4) is 0 Å². The molecule has 2 atom stereocenters. The van der Waals surface area contributed by atoms with Crippen LogP contribution >= 0.6 is 15.9 Å². The Hall–Kier alpha value is -0.810. The van der Waals surface area contributed by atoms with Crippen molar-refractivity contribution in [1.29, 1.82) is 0 Å². The normalized spacial score (nSPS) is 24.6. The Labute approximate surface area is 103 Å². The highest BCUT2D eigenvalue weighted by atomic mass is 79.9. The molecule has 0 bridgehead atoms. The Balaban J connectivity index is 2.00. The number of carbonyl (C=O) groups is 1. The molecule has 5 heteroatoms. The SMILES string of the molecule is NCC1CCCC1NC(=O)c1occc1Br. The molecular formula is C11H15BrN2O2. The van der Waals surface area contributed by atoms with E-state index in [1.54, 1.807) is 6.07 Å². The maximum Gasteiger partial charge on any atom is 0.288 e. The quantitative estimate of drug-likeness (QED) is 0.892. The van der Waals surface area contributed by atoms with Crippen LogP contribution < -0.4 is 11.1 Å². The first-order valence-electron chi connectivity index (χ1n) is 5.46. The lowest BCUT2D eigenvalue weighted by Gasteiger charge is -2.18. The average molecular weight is 287 g/mol. The lowest BCUT2D eigenvalue weighted by atomic mass is 10.0.